The maximum atomic E-state index is 13.2. The van der Waals surface area contributed by atoms with Gasteiger partial charge in [0.25, 0.3) is 0 Å². The molecule has 2 N–H and O–H groups in total. The Morgan fingerprint density at radius 1 is 1.06 bits per heavy atom. The van der Waals surface area contributed by atoms with Crippen LogP contribution in [0.15, 0.2) is 40.9 Å². The molecule has 2 aromatic carbocycles. The summed E-state index contributed by atoms with van der Waals surface area (Å²) < 4.78 is 28.2. The van der Waals surface area contributed by atoms with Gasteiger partial charge in [-0.15, -0.1) is 0 Å². The van der Waals surface area contributed by atoms with E-state index < -0.39 is 17.7 Å². The second-order valence-electron chi connectivity index (χ2n) is 3.85. The minimum atomic E-state index is -0.623. The molecule has 0 amide bonds. The van der Waals surface area contributed by atoms with E-state index in [0.29, 0.717) is 5.56 Å². The van der Waals surface area contributed by atoms with E-state index in [0.717, 1.165) is 19.7 Å². The van der Waals surface area contributed by atoms with E-state index in [2.05, 4.69) is 38.5 Å². The molecule has 0 aliphatic heterocycles. The molecule has 2 rings (SSSR count). The topological polar surface area (TPSA) is 26.0 Å². The van der Waals surface area contributed by atoms with E-state index in [-0.39, 0.29) is 0 Å². The molecule has 1 unspecified atom stereocenters. The SMILES string of the molecule is NC(c1cc(F)cc(F)c1)c1cc(I)ccc1Br. The minimum absolute atomic E-state index is 0.412. The van der Waals surface area contributed by atoms with E-state index in [1.165, 1.54) is 12.1 Å². The smallest absolute Gasteiger partial charge is 0.126 e. The third-order valence-corrected chi connectivity index (χ3v) is 3.93. The lowest BCUT2D eigenvalue weighted by Crippen LogP contribution is -2.13. The van der Waals surface area contributed by atoms with Crippen LogP contribution in [0.2, 0.25) is 0 Å². The summed E-state index contributed by atoms with van der Waals surface area (Å²) in [5.41, 5.74) is 7.27. The van der Waals surface area contributed by atoms with Gasteiger partial charge in [0.2, 0.25) is 0 Å². The van der Waals surface area contributed by atoms with Gasteiger partial charge in [0.1, 0.15) is 11.6 Å². The third kappa shape index (κ3) is 3.07. The Hall–Kier alpha value is -0.530. The molecule has 18 heavy (non-hydrogen) atoms. The first kappa shape index (κ1) is 13.9. The van der Waals surface area contributed by atoms with Gasteiger partial charge in [-0.05, 0) is 64.0 Å². The molecule has 0 fully saturated rings. The second kappa shape index (κ2) is 5.63. The fraction of sp³-hybridized carbons (Fsp3) is 0.0769. The van der Waals surface area contributed by atoms with Crippen LogP contribution in [0.5, 0.6) is 0 Å². The van der Waals surface area contributed by atoms with E-state index in [1.54, 1.807) is 0 Å². The Morgan fingerprint density at radius 3 is 2.28 bits per heavy atom. The molecule has 0 saturated carbocycles. The average Bonchev–Trinajstić information content (AvgIpc) is 2.30. The van der Waals surface area contributed by atoms with Crippen molar-refractivity contribution in [2.75, 3.05) is 0 Å². The number of hydrogen-bond donors (Lipinski definition) is 1. The molecular formula is C13H9BrF2IN. The highest BCUT2D eigenvalue weighted by molar-refractivity contribution is 14.1. The van der Waals surface area contributed by atoms with Crippen LogP contribution in [0.3, 0.4) is 0 Å². The molecule has 0 saturated heterocycles. The zero-order chi connectivity index (χ0) is 13.3. The zero-order valence-electron chi connectivity index (χ0n) is 9.13. The fourth-order valence-corrected chi connectivity index (χ4v) is 2.70. The molecule has 0 heterocycles. The molecular weight excluding hydrogens is 415 g/mol. The quantitative estimate of drug-likeness (QED) is 0.712. The lowest BCUT2D eigenvalue weighted by molar-refractivity contribution is 0.577. The lowest BCUT2D eigenvalue weighted by Gasteiger charge is -2.15. The summed E-state index contributed by atoms with van der Waals surface area (Å²) in [4.78, 5) is 0. The van der Waals surface area contributed by atoms with Gasteiger partial charge in [-0.2, -0.15) is 0 Å². The molecule has 0 aliphatic rings. The Kier molecular flexibility index (Phi) is 4.34. The van der Waals surface area contributed by atoms with Crippen molar-refractivity contribution in [3.8, 4) is 0 Å². The average molecular weight is 424 g/mol. The van der Waals surface area contributed by atoms with Crippen LogP contribution < -0.4 is 5.73 Å². The number of nitrogens with two attached hydrogens (primary N) is 1. The van der Waals surface area contributed by atoms with Gasteiger partial charge in [-0.1, -0.05) is 15.9 Å². The van der Waals surface area contributed by atoms with Crippen molar-refractivity contribution in [2.24, 2.45) is 5.73 Å². The van der Waals surface area contributed by atoms with Crippen molar-refractivity contribution in [1.82, 2.24) is 0 Å². The highest BCUT2D eigenvalue weighted by Crippen LogP contribution is 2.29. The Balaban J connectivity index is 2.47. The van der Waals surface area contributed by atoms with E-state index in [1.807, 2.05) is 18.2 Å². The van der Waals surface area contributed by atoms with Crippen LogP contribution in [0.1, 0.15) is 17.2 Å². The summed E-state index contributed by atoms with van der Waals surface area (Å²) in [6.07, 6.45) is 0. The normalized spacial score (nSPS) is 12.5. The number of benzene rings is 2. The van der Waals surface area contributed by atoms with Gasteiger partial charge in [0, 0.05) is 14.1 Å². The number of rotatable bonds is 2. The second-order valence-corrected chi connectivity index (χ2v) is 5.95. The molecule has 2 aromatic rings. The maximum absolute atomic E-state index is 13.2. The van der Waals surface area contributed by atoms with Gasteiger partial charge in [-0.25, -0.2) is 8.78 Å². The standard InChI is InChI=1S/C13H9BrF2IN/c14-12-2-1-10(17)6-11(12)13(18)7-3-8(15)5-9(16)4-7/h1-6,13H,18H2. The Bertz CT molecular complexity index is 569. The summed E-state index contributed by atoms with van der Waals surface area (Å²) in [5, 5.41) is 0. The third-order valence-electron chi connectivity index (χ3n) is 2.54. The molecule has 0 bridgehead atoms. The van der Waals surface area contributed by atoms with Crippen molar-refractivity contribution in [3.05, 3.63) is 67.2 Å². The summed E-state index contributed by atoms with van der Waals surface area (Å²) in [7, 11) is 0. The van der Waals surface area contributed by atoms with Crippen molar-refractivity contribution in [3.63, 3.8) is 0 Å². The maximum Gasteiger partial charge on any atom is 0.126 e. The van der Waals surface area contributed by atoms with E-state index in [9.17, 15) is 8.78 Å². The monoisotopic (exact) mass is 423 g/mol. The van der Waals surface area contributed by atoms with Crippen molar-refractivity contribution < 1.29 is 8.78 Å². The highest BCUT2D eigenvalue weighted by Gasteiger charge is 2.14. The lowest BCUT2D eigenvalue weighted by atomic mass is 9.99. The molecule has 0 aliphatic carbocycles. The van der Waals surface area contributed by atoms with Crippen LogP contribution in [-0.2, 0) is 0 Å². The number of halogens is 4. The molecule has 0 aromatic heterocycles. The molecule has 94 valence electrons. The first-order valence-corrected chi connectivity index (χ1v) is 7.01. The van der Waals surface area contributed by atoms with E-state index >= 15 is 0 Å². The fourth-order valence-electron chi connectivity index (χ4n) is 1.69. The predicted octanol–water partition coefficient (Wildman–Crippen LogP) is 4.38. The summed E-state index contributed by atoms with van der Waals surface area (Å²) in [6.45, 7) is 0. The van der Waals surface area contributed by atoms with Gasteiger partial charge in [0.05, 0.1) is 6.04 Å². The Morgan fingerprint density at radius 2 is 1.67 bits per heavy atom. The predicted molar refractivity (Wildman–Crippen MR) is 79.2 cm³/mol. The van der Waals surface area contributed by atoms with Crippen molar-refractivity contribution in [2.45, 2.75) is 6.04 Å². The van der Waals surface area contributed by atoms with Crippen molar-refractivity contribution in [1.29, 1.82) is 0 Å². The minimum Gasteiger partial charge on any atom is -0.320 e. The van der Waals surface area contributed by atoms with Crippen LogP contribution >= 0.6 is 38.5 Å². The molecule has 0 radical (unpaired) electrons. The van der Waals surface area contributed by atoms with E-state index in [4.69, 9.17) is 5.73 Å². The molecule has 1 nitrogen and oxygen atoms in total. The van der Waals surface area contributed by atoms with Crippen LogP contribution in [0.4, 0.5) is 8.78 Å². The summed E-state index contributed by atoms with van der Waals surface area (Å²) >= 11 is 5.56. The molecule has 5 heteroatoms. The summed E-state index contributed by atoms with van der Waals surface area (Å²) in [5.74, 6) is -1.25. The first-order chi connectivity index (χ1) is 8.47. The van der Waals surface area contributed by atoms with Crippen LogP contribution in [0.25, 0.3) is 0 Å². The molecule has 1 atom stereocenters. The van der Waals surface area contributed by atoms with Gasteiger partial charge >= 0.3 is 0 Å². The van der Waals surface area contributed by atoms with Gasteiger partial charge in [-0.3, -0.25) is 0 Å². The van der Waals surface area contributed by atoms with Crippen LogP contribution in [0, 0.1) is 15.2 Å². The summed E-state index contributed by atoms with van der Waals surface area (Å²) in [6, 6.07) is 8.44. The Labute approximate surface area is 126 Å². The van der Waals surface area contributed by atoms with Gasteiger partial charge in [0.15, 0.2) is 0 Å². The molecule has 0 spiro atoms. The largest absolute Gasteiger partial charge is 0.320 e. The zero-order valence-corrected chi connectivity index (χ0v) is 12.9. The highest BCUT2D eigenvalue weighted by atomic mass is 127. The van der Waals surface area contributed by atoms with Crippen LogP contribution in [-0.4, -0.2) is 0 Å². The first-order valence-electron chi connectivity index (χ1n) is 5.14. The van der Waals surface area contributed by atoms with Crippen molar-refractivity contribution >= 4 is 38.5 Å². The van der Waals surface area contributed by atoms with Gasteiger partial charge < -0.3 is 5.73 Å². The number of hydrogen-bond acceptors (Lipinski definition) is 1.